The molecule has 0 aliphatic rings. The average molecular weight is 175 g/mol. The first-order valence-electron chi connectivity index (χ1n) is 2.65. The van der Waals surface area contributed by atoms with Gasteiger partial charge in [-0.25, -0.2) is 4.09 Å². The van der Waals surface area contributed by atoms with Crippen molar-refractivity contribution in [1.82, 2.24) is 4.09 Å². The zero-order valence-corrected chi connectivity index (χ0v) is 5.99. The van der Waals surface area contributed by atoms with Crippen LogP contribution in [0, 0.1) is 10.1 Å². The predicted molar refractivity (Wildman–Crippen MR) is 38.6 cm³/mol. The van der Waals surface area contributed by atoms with Gasteiger partial charge in [0.15, 0.2) is 0 Å². The Morgan fingerprint density at radius 2 is 2.27 bits per heavy atom. The van der Waals surface area contributed by atoms with Gasteiger partial charge in [0.1, 0.15) is 0 Å². The number of halogens is 1. The van der Waals surface area contributed by atoms with Gasteiger partial charge in [-0.2, -0.15) is 0 Å². The Hall–Kier alpha value is -1.36. The van der Waals surface area contributed by atoms with Crippen molar-refractivity contribution in [2.24, 2.45) is 0 Å². The summed E-state index contributed by atoms with van der Waals surface area (Å²) in [6.45, 7) is 0. The molecule has 0 aromatic carbocycles. The maximum absolute atomic E-state index is 10.8. The zero-order chi connectivity index (χ0) is 8.43. The number of nitro groups is 1. The molecule has 0 spiro atoms. The summed E-state index contributed by atoms with van der Waals surface area (Å²) in [6, 6.07) is 2.42. The molecule has 0 atom stereocenters. The van der Waals surface area contributed by atoms with E-state index in [1.54, 1.807) is 0 Å². The SMILES string of the molecule is O=c1c([N+](=O)[O-])cccn1Cl. The first-order valence-corrected chi connectivity index (χ1v) is 2.99. The molecule has 0 bridgehead atoms. The van der Waals surface area contributed by atoms with E-state index in [9.17, 15) is 14.9 Å². The van der Waals surface area contributed by atoms with Crippen LogP contribution in [0.2, 0.25) is 0 Å². The molecule has 0 radical (unpaired) electrons. The van der Waals surface area contributed by atoms with Crippen molar-refractivity contribution in [2.45, 2.75) is 0 Å². The van der Waals surface area contributed by atoms with Crippen LogP contribution in [-0.2, 0) is 0 Å². The fourth-order valence-electron chi connectivity index (χ4n) is 0.597. The molecule has 0 aliphatic heterocycles. The molecular formula is C5H3ClN2O3. The highest BCUT2D eigenvalue weighted by Crippen LogP contribution is 2.01. The van der Waals surface area contributed by atoms with Gasteiger partial charge in [0.25, 0.3) is 0 Å². The maximum atomic E-state index is 10.8. The fourth-order valence-corrected chi connectivity index (χ4v) is 0.749. The van der Waals surface area contributed by atoms with Gasteiger partial charge in [-0.15, -0.1) is 0 Å². The fraction of sp³-hybridized carbons (Fsp3) is 0. The first-order chi connectivity index (χ1) is 5.13. The Bertz CT molecular complexity index is 346. The molecule has 6 heteroatoms. The molecule has 1 rings (SSSR count). The number of nitrogens with zero attached hydrogens (tertiary/aromatic N) is 2. The number of aromatic nitrogens is 1. The summed E-state index contributed by atoms with van der Waals surface area (Å²) >= 11 is 5.26. The molecule has 1 aromatic heterocycles. The standard InChI is InChI=1S/C5H3ClN2O3/c6-7-3-1-2-4(5(7)9)8(10)11/h1-3H. The monoisotopic (exact) mass is 174 g/mol. The summed E-state index contributed by atoms with van der Waals surface area (Å²) in [5.41, 5.74) is -1.35. The minimum atomic E-state index is -0.820. The molecule has 58 valence electrons. The number of hydrogen-bond acceptors (Lipinski definition) is 3. The summed E-state index contributed by atoms with van der Waals surface area (Å²) in [5.74, 6) is 0. The van der Waals surface area contributed by atoms with Crippen LogP contribution >= 0.6 is 11.8 Å². The van der Waals surface area contributed by atoms with Gasteiger partial charge in [-0.05, 0) is 6.07 Å². The van der Waals surface area contributed by atoms with E-state index < -0.39 is 16.2 Å². The van der Waals surface area contributed by atoms with Crippen molar-refractivity contribution in [3.05, 3.63) is 38.8 Å². The zero-order valence-electron chi connectivity index (χ0n) is 5.23. The minimum Gasteiger partial charge on any atom is -0.260 e. The predicted octanol–water partition coefficient (Wildman–Crippen LogP) is 0.758. The third-order valence-corrected chi connectivity index (χ3v) is 1.35. The molecule has 0 saturated heterocycles. The minimum absolute atomic E-state index is 0.525. The van der Waals surface area contributed by atoms with Crippen molar-refractivity contribution in [2.75, 3.05) is 0 Å². The van der Waals surface area contributed by atoms with Crippen LogP contribution in [0.1, 0.15) is 0 Å². The molecule has 0 N–H and O–H groups in total. The first kappa shape index (κ1) is 7.74. The van der Waals surface area contributed by atoms with Gasteiger partial charge in [-0.3, -0.25) is 14.9 Å². The van der Waals surface area contributed by atoms with Gasteiger partial charge in [0, 0.05) is 24.0 Å². The molecule has 0 unspecified atom stereocenters. The quantitative estimate of drug-likeness (QED) is 0.466. The van der Waals surface area contributed by atoms with Gasteiger partial charge >= 0.3 is 11.2 Å². The molecule has 0 amide bonds. The Labute approximate surface area is 66.1 Å². The van der Waals surface area contributed by atoms with Crippen molar-refractivity contribution in [3.8, 4) is 0 Å². The lowest BCUT2D eigenvalue weighted by molar-refractivity contribution is -0.386. The Morgan fingerprint density at radius 3 is 2.73 bits per heavy atom. The number of hydrogen-bond donors (Lipinski definition) is 0. The average Bonchev–Trinajstić information content (AvgIpc) is 1.94. The van der Waals surface area contributed by atoms with E-state index in [-0.39, 0.29) is 0 Å². The van der Waals surface area contributed by atoms with Crippen LogP contribution in [0.4, 0.5) is 5.69 Å². The Morgan fingerprint density at radius 1 is 1.64 bits per heavy atom. The van der Waals surface area contributed by atoms with Gasteiger partial charge in [-0.1, -0.05) is 0 Å². The van der Waals surface area contributed by atoms with Crippen LogP contribution in [0.25, 0.3) is 0 Å². The van der Waals surface area contributed by atoms with E-state index in [1.807, 2.05) is 0 Å². The molecule has 1 heterocycles. The Kier molecular flexibility index (Phi) is 1.91. The molecule has 1 aromatic rings. The second-order valence-electron chi connectivity index (χ2n) is 1.77. The summed E-state index contributed by atoms with van der Waals surface area (Å²) in [7, 11) is 0. The van der Waals surface area contributed by atoms with Crippen molar-refractivity contribution >= 4 is 17.5 Å². The van der Waals surface area contributed by atoms with Crippen LogP contribution in [0.5, 0.6) is 0 Å². The van der Waals surface area contributed by atoms with Crippen LogP contribution in [-0.4, -0.2) is 9.01 Å². The smallest absolute Gasteiger partial charge is 0.260 e. The van der Waals surface area contributed by atoms with Gasteiger partial charge in [0.05, 0.1) is 4.92 Å². The lowest BCUT2D eigenvalue weighted by Gasteiger charge is -1.91. The highest BCUT2D eigenvalue weighted by atomic mass is 35.5. The molecule has 5 nitrogen and oxygen atoms in total. The van der Waals surface area contributed by atoms with E-state index in [1.165, 1.54) is 12.3 Å². The van der Waals surface area contributed by atoms with Gasteiger partial charge < -0.3 is 0 Å². The summed E-state index contributed by atoms with van der Waals surface area (Å²) in [4.78, 5) is 20.1. The number of pyridine rings is 1. The molecule has 0 saturated carbocycles. The third-order valence-electron chi connectivity index (χ3n) is 1.08. The van der Waals surface area contributed by atoms with E-state index >= 15 is 0 Å². The van der Waals surface area contributed by atoms with E-state index in [0.29, 0.717) is 4.09 Å². The maximum Gasteiger partial charge on any atom is 0.343 e. The molecule has 11 heavy (non-hydrogen) atoms. The second kappa shape index (κ2) is 2.71. The second-order valence-corrected chi connectivity index (χ2v) is 2.13. The van der Waals surface area contributed by atoms with E-state index in [4.69, 9.17) is 11.8 Å². The summed E-state index contributed by atoms with van der Waals surface area (Å²) < 4.78 is 0.637. The van der Waals surface area contributed by atoms with E-state index in [2.05, 4.69) is 0 Å². The van der Waals surface area contributed by atoms with Crippen LogP contribution < -0.4 is 5.56 Å². The van der Waals surface area contributed by atoms with Crippen molar-refractivity contribution in [1.29, 1.82) is 0 Å². The van der Waals surface area contributed by atoms with Crippen LogP contribution in [0.15, 0.2) is 23.1 Å². The molecule has 0 aliphatic carbocycles. The van der Waals surface area contributed by atoms with Crippen LogP contribution in [0.3, 0.4) is 0 Å². The highest BCUT2D eigenvalue weighted by Gasteiger charge is 2.11. The van der Waals surface area contributed by atoms with Crippen molar-refractivity contribution < 1.29 is 4.92 Å². The lowest BCUT2D eigenvalue weighted by atomic mass is 10.4. The highest BCUT2D eigenvalue weighted by molar-refractivity contribution is 6.15. The third kappa shape index (κ3) is 1.38. The number of rotatable bonds is 1. The molecule has 0 fully saturated rings. The largest absolute Gasteiger partial charge is 0.343 e. The normalized spacial score (nSPS) is 9.55. The van der Waals surface area contributed by atoms with E-state index in [0.717, 1.165) is 6.07 Å². The molecular weight excluding hydrogens is 172 g/mol. The summed E-state index contributed by atoms with van der Waals surface area (Å²) in [5, 5.41) is 10.1. The van der Waals surface area contributed by atoms with Crippen molar-refractivity contribution in [3.63, 3.8) is 0 Å². The topological polar surface area (TPSA) is 65.1 Å². The lowest BCUT2D eigenvalue weighted by Crippen LogP contribution is -2.15. The summed E-state index contributed by atoms with van der Waals surface area (Å²) in [6.07, 6.45) is 1.23. The Balaban J connectivity index is 3.40. The van der Waals surface area contributed by atoms with Gasteiger partial charge in [0.2, 0.25) is 0 Å².